The molecule has 5 heteroatoms. The van der Waals surface area contributed by atoms with Gasteiger partial charge < -0.3 is 24.4 Å². The third-order valence-electron chi connectivity index (χ3n) is 2.32. The molecule has 0 aliphatic carbocycles. The highest BCUT2D eigenvalue weighted by Gasteiger charge is 2.43. The van der Waals surface area contributed by atoms with E-state index in [2.05, 4.69) is 0 Å². The number of rotatable bonds is 2. The van der Waals surface area contributed by atoms with E-state index < -0.39 is 24.6 Å². The highest BCUT2D eigenvalue weighted by atomic mass is 16.7. The van der Waals surface area contributed by atoms with Gasteiger partial charge in [-0.25, -0.2) is 0 Å². The van der Waals surface area contributed by atoms with E-state index in [0.717, 1.165) is 0 Å². The summed E-state index contributed by atoms with van der Waals surface area (Å²) in [6.45, 7) is 1.73. The molecule has 0 aromatic heterocycles. The van der Waals surface area contributed by atoms with Crippen molar-refractivity contribution in [2.75, 3.05) is 14.2 Å². The van der Waals surface area contributed by atoms with Crippen molar-refractivity contribution < 1.29 is 24.4 Å². The first kappa shape index (κ1) is 10.9. The van der Waals surface area contributed by atoms with Crippen LogP contribution < -0.4 is 0 Å². The molecule has 1 aliphatic rings. The maximum absolute atomic E-state index is 9.68. The molecule has 5 atom stereocenters. The molecule has 0 aromatic rings. The van der Waals surface area contributed by atoms with Crippen LogP contribution in [0.5, 0.6) is 0 Å². The van der Waals surface area contributed by atoms with Crippen molar-refractivity contribution in [2.24, 2.45) is 0 Å². The summed E-state index contributed by atoms with van der Waals surface area (Å²) in [5.41, 5.74) is 0. The van der Waals surface area contributed by atoms with Crippen LogP contribution in [0.2, 0.25) is 0 Å². The van der Waals surface area contributed by atoms with Gasteiger partial charge in [0.05, 0.1) is 6.10 Å². The van der Waals surface area contributed by atoms with E-state index in [4.69, 9.17) is 14.2 Å². The van der Waals surface area contributed by atoms with Gasteiger partial charge in [-0.1, -0.05) is 0 Å². The summed E-state index contributed by atoms with van der Waals surface area (Å²) in [4.78, 5) is 0. The van der Waals surface area contributed by atoms with E-state index >= 15 is 0 Å². The molecule has 5 nitrogen and oxygen atoms in total. The molecular formula is C8H16O5. The van der Waals surface area contributed by atoms with Gasteiger partial charge in [0, 0.05) is 14.2 Å². The highest BCUT2D eigenvalue weighted by Crippen LogP contribution is 2.23. The Kier molecular flexibility index (Phi) is 3.63. The molecule has 0 spiro atoms. The first-order chi connectivity index (χ1) is 6.11. The predicted octanol–water partition coefficient (Wildman–Crippen LogP) is -0.886. The lowest BCUT2D eigenvalue weighted by Gasteiger charge is -2.40. The lowest BCUT2D eigenvalue weighted by molar-refractivity contribution is -0.287. The molecule has 1 fully saturated rings. The molecular weight excluding hydrogens is 176 g/mol. The van der Waals surface area contributed by atoms with E-state index in [0.29, 0.717) is 0 Å². The zero-order chi connectivity index (χ0) is 10.0. The Hall–Kier alpha value is -0.200. The van der Waals surface area contributed by atoms with Gasteiger partial charge in [-0.15, -0.1) is 0 Å². The lowest BCUT2D eigenvalue weighted by Crippen LogP contribution is -2.57. The average molecular weight is 192 g/mol. The summed E-state index contributed by atoms with van der Waals surface area (Å²) in [7, 11) is 2.89. The normalized spacial score (nSPS) is 46.4. The summed E-state index contributed by atoms with van der Waals surface area (Å²) in [6, 6.07) is 0. The van der Waals surface area contributed by atoms with Crippen molar-refractivity contribution in [1.29, 1.82) is 0 Å². The van der Waals surface area contributed by atoms with Gasteiger partial charge in [-0.3, -0.25) is 0 Å². The van der Waals surface area contributed by atoms with Crippen molar-refractivity contribution in [1.82, 2.24) is 0 Å². The first-order valence-electron chi connectivity index (χ1n) is 4.19. The van der Waals surface area contributed by atoms with Gasteiger partial charge in [0.25, 0.3) is 0 Å². The Balaban J connectivity index is 2.69. The molecule has 1 rings (SSSR count). The molecule has 13 heavy (non-hydrogen) atoms. The second kappa shape index (κ2) is 4.34. The van der Waals surface area contributed by atoms with Gasteiger partial charge in [0.2, 0.25) is 0 Å². The summed E-state index contributed by atoms with van der Waals surface area (Å²) < 4.78 is 15.0. The summed E-state index contributed by atoms with van der Waals surface area (Å²) >= 11 is 0. The Morgan fingerprint density at radius 1 is 1.08 bits per heavy atom. The molecule has 0 radical (unpaired) electrons. The van der Waals surface area contributed by atoms with E-state index in [1.165, 1.54) is 14.2 Å². The maximum atomic E-state index is 9.68. The van der Waals surface area contributed by atoms with Gasteiger partial charge in [-0.05, 0) is 6.92 Å². The fourth-order valence-corrected chi connectivity index (χ4v) is 1.59. The van der Waals surface area contributed by atoms with Crippen LogP contribution in [-0.2, 0) is 14.2 Å². The molecule has 0 amide bonds. The quantitative estimate of drug-likeness (QED) is 0.594. The molecule has 0 unspecified atom stereocenters. The molecule has 0 aromatic carbocycles. The molecule has 1 aliphatic heterocycles. The van der Waals surface area contributed by atoms with Crippen LogP contribution >= 0.6 is 0 Å². The zero-order valence-corrected chi connectivity index (χ0v) is 8.01. The third-order valence-corrected chi connectivity index (χ3v) is 2.32. The second-order valence-electron chi connectivity index (χ2n) is 3.12. The van der Waals surface area contributed by atoms with Gasteiger partial charge in [0.1, 0.15) is 18.3 Å². The van der Waals surface area contributed by atoms with E-state index in [-0.39, 0.29) is 6.10 Å². The van der Waals surface area contributed by atoms with Crippen LogP contribution in [-0.4, -0.2) is 55.1 Å². The fraction of sp³-hybridized carbons (Fsp3) is 1.00. The fourth-order valence-electron chi connectivity index (χ4n) is 1.59. The summed E-state index contributed by atoms with van der Waals surface area (Å²) in [5, 5.41) is 19.0. The number of hydrogen-bond donors (Lipinski definition) is 2. The number of methoxy groups -OCH3 is 2. The van der Waals surface area contributed by atoms with Crippen LogP contribution in [0.4, 0.5) is 0 Å². The van der Waals surface area contributed by atoms with Crippen LogP contribution in [0.3, 0.4) is 0 Å². The van der Waals surface area contributed by atoms with Crippen molar-refractivity contribution in [3.8, 4) is 0 Å². The Labute approximate surface area is 77.2 Å². The molecule has 2 N–H and O–H groups in total. The van der Waals surface area contributed by atoms with Gasteiger partial charge >= 0.3 is 0 Å². The summed E-state index contributed by atoms with van der Waals surface area (Å²) in [6.07, 6.45) is -3.52. The standard InChI is InChI=1S/C8H16O5/c1-4-6(11-2)5(9)7(12-3)8(10)13-4/h4-10H,1-3H3/t4-,5+,6+,7-,8+/m0/s1. The van der Waals surface area contributed by atoms with Crippen molar-refractivity contribution in [3.63, 3.8) is 0 Å². The molecule has 78 valence electrons. The molecule has 1 saturated heterocycles. The van der Waals surface area contributed by atoms with Crippen LogP contribution in [0.1, 0.15) is 6.92 Å². The minimum atomic E-state index is -1.10. The van der Waals surface area contributed by atoms with E-state index in [1.54, 1.807) is 6.92 Å². The maximum Gasteiger partial charge on any atom is 0.184 e. The largest absolute Gasteiger partial charge is 0.387 e. The Morgan fingerprint density at radius 2 is 1.62 bits per heavy atom. The monoisotopic (exact) mass is 192 g/mol. The minimum absolute atomic E-state index is 0.346. The smallest absolute Gasteiger partial charge is 0.184 e. The topological polar surface area (TPSA) is 68.2 Å². The molecule has 0 bridgehead atoms. The second-order valence-corrected chi connectivity index (χ2v) is 3.12. The van der Waals surface area contributed by atoms with E-state index in [9.17, 15) is 10.2 Å². The average Bonchev–Trinajstić information content (AvgIpc) is 2.04. The van der Waals surface area contributed by atoms with Crippen LogP contribution in [0, 0.1) is 0 Å². The van der Waals surface area contributed by atoms with Crippen molar-refractivity contribution in [3.05, 3.63) is 0 Å². The minimum Gasteiger partial charge on any atom is -0.387 e. The highest BCUT2D eigenvalue weighted by molar-refractivity contribution is 4.88. The number of aliphatic hydroxyl groups excluding tert-OH is 2. The number of hydrogen-bond acceptors (Lipinski definition) is 5. The van der Waals surface area contributed by atoms with Gasteiger partial charge in [-0.2, -0.15) is 0 Å². The molecule has 1 heterocycles. The van der Waals surface area contributed by atoms with Crippen molar-refractivity contribution in [2.45, 2.75) is 37.6 Å². The number of aliphatic hydroxyl groups is 2. The third kappa shape index (κ3) is 2.00. The Bertz CT molecular complexity index is 147. The van der Waals surface area contributed by atoms with Crippen LogP contribution in [0.25, 0.3) is 0 Å². The first-order valence-corrected chi connectivity index (χ1v) is 4.19. The Morgan fingerprint density at radius 3 is 2.08 bits per heavy atom. The summed E-state index contributed by atoms with van der Waals surface area (Å²) in [5.74, 6) is 0. The predicted molar refractivity (Wildman–Crippen MR) is 44.2 cm³/mol. The molecule has 0 saturated carbocycles. The number of ether oxygens (including phenoxy) is 3. The van der Waals surface area contributed by atoms with Gasteiger partial charge in [0.15, 0.2) is 6.29 Å². The zero-order valence-electron chi connectivity index (χ0n) is 8.01. The lowest BCUT2D eigenvalue weighted by atomic mass is 10.00. The van der Waals surface area contributed by atoms with Crippen LogP contribution in [0.15, 0.2) is 0 Å². The van der Waals surface area contributed by atoms with Crippen molar-refractivity contribution >= 4 is 0 Å². The SMILES string of the molecule is CO[C@H]1[C@@H](O)[C@H](OC)[C@H](O)O[C@H]1C. The van der Waals surface area contributed by atoms with E-state index in [1.807, 2.05) is 0 Å².